The predicted molar refractivity (Wildman–Crippen MR) is 64.7 cm³/mol. The van der Waals surface area contributed by atoms with Gasteiger partial charge in [-0.15, -0.1) is 0 Å². The number of halogens is 2. The van der Waals surface area contributed by atoms with Crippen LogP contribution in [-0.2, 0) is 6.61 Å². The second kappa shape index (κ2) is 5.48. The lowest BCUT2D eigenvalue weighted by Crippen LogP contribution is -1.99. The molecule has 0 N–H and O–H groups in total. The minimum Gasteiger partial charge on any atom is -0.487 e. The second-order valence-electron chi connectivity index (χ2n) is 3.52. The van der Waals surface area contributed by atoms with Gasteiger partial charge in [-0.1, -0.05) is 17.7 Å². The summed E-state index contributed by atoms with van der Waals surface area (Å²) in [6, 6.07) is 9.36. The first-order chi connectivity index (χ1) is 8.69. The van der Waals surface area contributed by atoms with Crippen LogP contribution in [-0.4, -0.2) is 4.98 Å². The standard InChI is InChI=1S/C13H8ClFN2O/c14-13-4-3-11(7-17-13)18-8-10-2-1-9(6-16)5-12(10)15/h1-5,7H,8H2. The molecule has 1 aromatic carbocycles. The number of hydrogen-bond donors (Lipinski definition) is 0. The van der Waals surface area contributed by atoms with E-state index < -0.39 is 5.82 Å². The molecule has 90 valence electrons. The summed E-state index contributed by atoms with van der Waals surface area (Å²) in [4.78, 5) is 3.84. The minimum atomic E-state index is -0.462. The average molecular weight is 263 g/mol. The predicted octanol–water partition coefficient (Wildman–Crippen LogP) is 3.32. The summed E-state index contributed by atoms with van der Waals surface area (Å²) in [5.41, 5.74) is 0.661. The van der Waals surface area contributed by atoms with E-state index in [0.717, 1.165) is 0 Å². The van der Waals surface area contributed by atoms with Crippen molar-refractivity contribution in [3.8, 4) is 11.8 Å². The van der Waals surface area contributed by atoms with Crippen LogP contribution in [0.1, 0.15) is 11.1 Å². The highest BCUT2D eigenvalue weighted by atomic mass is 35.5. The molecular formula is C13H8ClFN2O. The van der Waals surface area contributed by atoms with E-state index in [-0.39, 0.29) is 12.2 Å². The molecule has 0 saturated carbocycles. The third-order valence-corrected chi connectivity index (χ3v) is 2.50. The Kier molecular flexibility index (Phi) is 3.75. The van der Waals surface area contributed by atoms with Gasteiger partial charge in [-0.25, -0.2) is 9.37 Å². The lowest BCUT2D eigenvalue weighted by atomic mass is 10.1. The molecule has 0 spiro atoms. The fourth-order valence-corrected chi connectivity index (χ4v) is 1.45. The van der Waals surface area contributed by atoms with Crippen LogP contribution in [0.2, 0.25) is 5.15 Å². The third-order valence-electron chi connectivity index (χ3n) is 2.28. The van der Waals surface area contributed by atoms with Crippen molar-refractivity contribution in [2.45, 2.75) is 6.61 Å². The molecule has 0 unspecified atom stereocenters. The lowest BCUT2D eigenvalue weighted by molar-refractivity contribution is 0.298. The molecule has 0 aliphatic heterocycles. The lowest BCUT2D eigenvalue weighted by Gasteiger charge is -2.06. The number of nitriles is 1. The zero-order chi connectivity index (χ0) is 13.0. The molecule has 1 heterocycles. The van der Waals surface area contributed by atoms with Crippen LogP contribution in [0.3, 0.4) is 0 Å². The van der Waals surface area contributed by atoms with Gasteiger partial charge in [0.2, 0.25) is 0 Å². The van der Waals surface area contributed by atoms with Crippen LogP contribution in [0, 0.1) is 17.1 Å². The number of nitrogens with zero attached hydrogens (tertiary/aromatic N) is 2. The van der Waals surface area contributed by atoms with Crippen molar-refractivity contribution in [2.75, 3.05) is 0 Å². The molecule has 0 aliphatic rings. The molecule has 1 aromatic heterocycles. The quantitative estimate of drug-likeness (QED) is 0.797. The van der Waals surface area contributed by atoms with Gasteiger partial charge in [0.15, 0.2) is 0 Å². The van der Waals surface area contributed by atoms with Crippen LogP contribution in [0.25, 0.3) is 0 Å². The molecule has 3 nitrogen and oxygen atoms in total. The zero-order valence-corrected chi connectivity index (χ0v) is 9.99. The zero-order valence-electron chi connectivity index (χ0n) is 9.23. The summed E-state index contributed by atoms with van der Waals surface area (Å²) in [6.07, 6.45) is 1.46. The topological polar surface area (TPSA) is 45.9 Å². The summed E-state index contributed by atoms with van der Waals surface area (Å²) in [6.45, 7) is 0.0703. The highest BCUT2D eigenvalue weighted by molar-refractivity contribution is 6.29. The second-order valence-corrected chi connectivity index (χ2v) is 3.91. The molecule has 0 fully saturated rings. The van der Waals surface area contributed by atoms with E-state index in [0.29, 0.717) is 16.5 Å². The van der Waals surface area contributed by atoms with Crippen molar-refractivity contribution in [1.29, 1.82) is 5.26 Å². The maximum absolute atomic E-state index is 13.5. The van der Waals surface area contributed by atoms with Crippen molar-refractivity contribution in [3.05, 3.63) is 58.6 Å². The van der Waals surface area contributed by atoms with E-state index in [9.17, 15) is 4.39 Å². The highest BCUT2D eigenvalue weighted by Gasteiger charge is 2.04. The van der Waals surface area contributed by atoms with Gasteiger partial charge < -0.3 is 4.74 Å². The van der Waals surface area contributed by atoms with E-state index in [4.69, 9.17) is 21.6 Å². The number of pyridine rings is 1. The third kappa shape index (κ3) is 2.96. The smallest absolute Gasteiger partial charge is 0.138 e. The summed E-state index contributed by atoms with van der Waals surface area (Å²) < 4.78 is 18.9. The number of hydrogen-bond acceptors (Lipinski definition) is 3. The minimum absolute atomic E-state index is 0.0703. The SMILES string of the molecule is N#Cc1ccc(COc2ccc(Cl)nc2)c(F)c1. The Morgan fingerprint density at radius 3 is 2.78 bits per heavy atom. The molecule has 0 aliphatic carbocycles. The van der Waals surface area contributed by atoms with Crippen LogP contribution < -0.4 is 4.74 Å². The summed E-state index contributed by atoms with van der Waals surface area (Å²) >= 11 is 5.63. The highest BCUT2D eigenvalue weighted by Crippen LogP contribution is 2.16. The van der Waals surface area contributed by atoms with E-state index in [1.807, 2.05) is 6.07 Å². The first-order valence-electron chi connectivity index (χ1n) is 5.12. The van der Waals surface area contributed by atoms with Gasteiger partial charge in [0.1, 0.15) is 23.3 Å². The summed E-state index contributed by atoms with van der Waals surface area (Å²) in [5.74, 6) is 0.0409. The molecule has 0 saturated heterocycles. The van der Waals surface area contributed by atoms with Crippen LogP contribution in [0.4, 0.5) is 4.39 Å². The van der Waals surface area contributed by atoms with Crippen LogP contribution in [0.15, 0.2) is 36.5 Å². The van der Waals surface area contributed by atoms with Gasteiger partial charge in [0.25, 0.3) is 0 Å². The van der Waals surface area contributed by atoms with Crippen molar-refractivity contribution < 1.29 is 9.13 Å². The van der Waals surface area contributed by atoms with Crippen molar-refractivity contribution in [2.24, 2.45) is 0 Å². The monoisotopic (exact) mass is 262 g/mol. The Morgan fingerprint density at radius 1 is 1.33 bits per heavy atom. The number of rotatable bonds is 3. The Bertz CT molecular complexity index is 593. The number of benzene rings is 1. The van der Waals surface area contributed by atoms with E-state index in [1.165, 1.54) is 18.3 Å². The molecular weight excluding hydrogens is 255 g/mol. The fourth-order valence-electron chi connectivity index (χ4n) is 1.34. The molecule has 0 bridgehead atoms. The maximum atomic E-state index is 13.5. The van der Waals surface area contributed by atoms with Crippen molar-refractivity contribution >= 4 is 11.6 Å². The Balaban J connectivity index is 2.06. The molecule has 5 heteroatoms. The van der Waals surface area contributed by atoms with Gasteiger partial charge in [-0.2, -0.15) is 5.26 Å². The normalized spacial score (nSPS) is 9.83. The van der Waals surface area contributed by atoms with Gasteiger partial charge in [0, 0.05) is 5.56 Å². The van der Waals surface area contributed by atoms with Crippen molar-refractivity contribution in [3.63, 3.8) is 0 Å². The summed E-state index contributed by atoms with van der Waals surface area (Å²) in [7, 11) is 0. The van der Waals surface area contributed by atoms with E-state index in [1.54, 1.807) is 18.2 Å². The largest absolute Gasteiger partial charge is 0.487 e. The summed E-state index contributed by atoms with van der Waals surface area (Å²) in [5, 5.41) is 8.99. The van der Waals surface area contributed by atoms with Crippen LogP contribution in [0.5, 0.6) is 5.75 Å². The van der Waals surface area contributed by atoms with E-state index >= 15 is 0 Å². The first-order valence-corrected chi connectivity index (χ1v) is 5.50. The Hall–Kier alpha value is -2.12. The molecule has 18 heavy (non-hydrogen) atoms. The first kappa shape index (κ1) is 12.3. The molecule has 2 rings (SSSR count). The van der Waals surface area contributed by atoms with Crippen LogP contribution >= 0.6 is 11.6 Å². The number of ether oxygens (including phenoxy) is 1. The van der Waals surface area contributed by atoms with Crippen molar-refractivity contribution in [1.82, 2.24) is 4.98 Å². The molecule has 0 amide bonds. The average Bonchev–Trinajstić information content (AvgIpc) is 2.39. The van der Waals surface area contributed by atoms with E-state index in [2.05, 4.69) is 4.98 Å². The Morgan fingerprint density at radius 2 is 2.17 bits per heavy atom. The fraction of sp³-hybridized carbons (Fsp3) is 0.0769. The van der Waals surface area contributed by atoms with Gasteiger partial charge in [-0.05, 0) is 24.3 Å². The van der Waals surface area contributed by atoms with Gasteiger partial charge >= 0.3 is 0 Å². The number of aromatic nitrogens is 1. The maximum Gasteiger partial charge on any atom is 0.138 e. The van der Waals surface area contributed by atoms with Gasteiger partial charge in [-0.3, -0.25) is 0 Å². The molecule has 2 aromatic rings. The molecule has 0 atom stereocenters. The van der Waals surface area contributed by atoms with Gasteiger partial charge in [0.05, 0.1) is 17.8 Å². The Labute approximate surface area is 108 Å². The molecule has 0 radical (unpaired) electrons.